The van der Waals surface area contributed by atoms with Gasteiger partial charge in [0.15, 0.2) is 11.4 Å². The molecule has 26 heavy (non-hydrogen) atoms. The molecule has 0 aliphatic carbocycles. The number of aliphatic hydroxyl groups is 1. The van der Waals surface area contributed by atoms with Crippen molar-refractivity contribution < 1.29 is 28.6 Å². The predicted octanol–water partition coefficient (Wildman–Crippen LogP) is 1.81. The van der Waals surface area contributed by atoms with E-state index >= 15 is 0 Å². The largest absolute Gasteiger partial charge is 0.468 e. The highest BCUT2D eigenvalue weighted by Crippen LogP contribution is 2.42. The molecule has 0 saturated carbocycles. The number of methoxy groups -OCH3 is 1. The number of amides is 1. The van der Waals surface area contributed by atoms with E-state index in [-0.39, 0.29) is 17.7 Å². The Morgan fingerprint density at radius 2 is 1.81 bits per heavy atom. The average molecular weight is 357 g/mol. The molecule has 134 valence electrons. The number of halogens is 1. The van der Waals surface area contributed by atoms with Gasteiger partial charge in [-0.3, -0.25) is 19.3 Å². The van der Waals surface area contributed by atoms with E-state index in [9.17, 15) is 23.9 Å². The highest BCUT2D eigenvalue weighted by atomic mass is 19.1. The SMILES string of the molecule is COC(=O)CN1C(=O)[C@](O)(CC(=O)c2ccc(F)cc2)c2ccccc21. The third-order valence-electron chi connectivity index (χ3n) is 4.34. The van der Waals surface area contributed by atoms with Crippen LogP contribution in [0.15, 0.2) is 48.5 Å². The number of anilines is 1. The zero-order valence-corrected chi connectivity index (χ0v) is 13.9. The lowest BCUT2D eigenvalue weighted by Gasteiger charge is -2.22. The Kier molecular flexibility index (Phi) is 4.56. The first-order chi connectivity index (χ1) is 12.4. The van der Waals surface area contributed by atoms with Gasteiger partial charge in [0.25, 0.3) is 5.91 Å². The lowest BCUT2D eigenvalue weighted by Crippen LogP contribution is -2.43. The Bertz CT molecular complexity index is 880. The van der Waals surface area contributed by atoms with Gasteiger partial charge in [-0.2, -0.15) is 0 Å². The molecule has 0 spiro atoms. The van der Waals surface area contributed by atoms with E-state index in [1.165, 1.54) is 25.3 Å². The molecule has 0 saturated heterocycles. The number of ketones is 1. The average Bonchev–Trinajstić information content (AvgIpc) is 2.84. The number of hydrogen-bond donors (Lipinski definition) is 1. The first kappa shape index (κ1) is 17.8. The molecular formula is C19H16FNO5. The normalized spacial score (nSPS) is 18.6. The van der Waals surface area contributed by atoms with Crippen molar-refractivity contribution in [3.8, 4) is 0 Å². The molecule has 6 nitrogen and oxygen atoms in total. The van der Waals surface area contributed by atoms with Crippen molar-refractivity contribution >= 4 is 23.3 Å². The Morgan fingerprint density at radius 1 is 1.15 bits per heavy atom. The van der Waals surface area contributed by atoms with Gasteiger partial charge < -0.3 is 9.84 Å². The molecule has 0 bridgehead atoms. The number of carbonyl (C=O) groups excluding carboxylic acids is 3. The van der Waals surface area contributed by atoms with Crippen LogP contribution in [-0.4, -0.2) is 36.4 Å². The van der Waals surface area contributed by atoms with Gasteiger partial charge in [0, 0.05) is 11.1 Å². The van der Waals surface area contributed by atoms with Crippen molar-refractivity contribution in [2.24, 2.45) is 0 Å². The number of fused-ring (bicyclic) bond motifs is 1. The Morgan fingerprint density at radius 3 is 2.46 bits per heavy atom. The van der Waals surface area contributed by atoms with Crippen molar-refractivity contribution in [2.45, 2.75) is 12.0 Å². The minimum Gasteiger partial charge on any atom is -0.468 e. The second-order valence-corrected chi connectivity index (χ2v) is 5.95. The highest BCUT2D eigenvalue weighted by molar-refractivity contribution is 6.12. The van der Waals surface area contributed by atoms with Crippen LogP contribution in [-0.2, 0) is 19.9 Å². The van der Waals surface area contributed by atoms with Gasteiger partial charge in [-0.05, 0) is 30.3 Å². The maximum Gasteiger partial charge on any atom is 0.325 e. The summed E-state index contributed by atoms with van der Waals surface area (Å²) in [6.07, 6.45) is -0.522. The van der Waals surface area contributed by atoms with Gasteiger partial charge in [0.1, 0.15) is 12.4 Å². The van der Waals surface area contributed by atoms with Crippen LogP contribution >= 0.6 is 0 Å². The standard InChI is InChI=1S/C19H16FNO5/c1-26-17(23)11-21-15-5-3-2-4-14(15)19(25,18(21)24)10-16(22)12-6-8-13(20)9-7-12/h2-9,25H,10-11H2,1H3/t19-/m0/s1. The Labute approximate surface area is 148 Å². The zero-order valence-electron chi connectivity index (χ0n) is 13.9. The summed E-state index contributed by atoms with van der Waals surface area (Å²) < 4.78 is 17.6. The number of nitrogens with zero attached hydrogens (tertiary/aromatic N) is 1. The Hall–Kier alpha value is -3.06. The molecule has 0 radical (unpaired) electrons. The monoisotopic (exact) mass is 357 g/mol. The molecule has 2 aromatic rings. The van der Waals surface area contributed by atoms with E-state index < -0.39 is 35.5 Å². The van der Waals surface area contributed by atoms with E-state index in [2.05, 4.69) is 4.74 Å². The third kappa shape index (κ3) is 2.97. The summed E-state index contributed by atoms with van der Waals surface area (Å²) in [6.45, 7) is -0.376. The number of Topliss-reactive ketones (excluding diaryl/α,β-unsaturated/α-hetero) is 1. The van der Waals surface area contributed by atoms with Crippen LogP contribution in [0.4, 0.5) is 10.1 Å². The Balaban J connectivity index is 1.95. The van der Waals surface area contributed by atoms with Crippen LogP contribution in [0.2, 0.25) is 0 Å². The van der Waals surface area contributed by atoms with Crippen LogP contribution < -0.4 is 4.90 Å². The summed E-state index contributed by atoms with van der Waals surface area (Å²) in [4.78, 5) is 38.0. The lowest BCUT2D eigenvalue weighted by atomic mass is 9.88. The summed E-state index contributed by atoms with van der Waals surface area (Å²) in [5, 5.41) is 11.0. The molecule has 1 amide bonds. The van der Waals surface area contributed by atoms with Crippen LogP contribution in [0.3, 0.4) is 0 Å². The molecular weight excluding hydrogens is 341 g/mol. The molecule has 7 heteroatoms. The quantitative estimate of drug-likeness (QED) is 0.652. The number of esters is 1. The number of benzene rings is 2. The number of rotatable bonds is 5. The van der Waals surface area contributed by atoms with Gasteiger partial charge in [0.05, 0.1) is 19.2 Å². The van der Waals surface area contributed by atoms with Crippen LogP contribution in [0.25, 0.3) is 0 Å². The fraction of sp³-hybridized carbons (Fsp3) is 0.211. The fourth-order valence-electron chi connectivity index (χ4n) is 3.00. The van der Waals surface area contributed by atoms with Crippen molar-refractivity contribution in [2.75, 3.05) is 18.6 Å². The minimum atomic E-state index is -2.10. The predicted molar refractivity (Wildman–Crippen MR) is 90.1 cm³/mol. The van der Waals surface area contributed by atoms with Gasteiger partial charge in [-0.1, -0.05) is 18.2 Å². The summed E-state index contributed by atoms with van der Waals surface area (Å²) in [5.41, 5.74) is -1.34. The third-order valence-corrected chi connectivity index (χ3v) is 4.34. The summed E-state index contributed by atoms with van der Waals surface area (Å²) in [5.74, 6) is -2.44. The first-order valence-corrected chi connectivity index (χ1v) is 7.86. The van der Waals surface area contributed by atoms with E-state index in [1.54, 1.807) is 18.2 Å². The van der Waals surface area contributed by atoms with E-state index in [0.717, 1.165) is 17.0 Å². The van der Waals surface area contributed by atoms with Gasteiger partial charge in [-0.25, -0.2) is 4.39 Å². The summed E-state index contributed by atoms with van der Waals surface area (Å²) in [6, 6.07) is 11.2. The van der Waals surface area contributed by atoms with Crippen molar-refractivity contribution in [1.29, 1.82) is 0 Å². The van der Waals surface area contributed by atoms with Gasteiger partial charge in [0.2, 0.25) is 0 Å². The molecule has 0 unspecified atom stereocenters. The molecule has 3 rings (SSSR count). The summed E-state index contributed by atoms with van der Waals surface area (Å²) in [7, 11) is 1.19. The molecule has 1 aliphatic heterocycles. The van der Waals surface area contributed by atoms with Crippen molar-refractivity contribution in [3.63, 3.8) is 0 Å². The summed E-state index contributed by atoms with van der Waals surface area (Å²) >= 11 is 0. The molecule has 1 atom stereocenters. The number of carbonyl (C=O) groups is 3. The maximum atomic E-state index is 13.0. The first-order valence-electron chi connectivity index (χ1n) is 7.86. The van der Waals surface area contributed by atoms with Crippen molar-refractivity contribution in [1.82, 2.24) is 0 Å². The number of para-hydroxylation sites is 1. The van der Waals surface area contributed by atoms with Crippen molar-refractivity contribution in [3.05, 3.63) is 65.5 Å². The van der Waals surface area contributed by atoms with Crippen LogP contribution in [0.5, 0.6) is 0 Å². The topological polar surface area (TPSA) is 83.9 Å². The maximum absolute atomic E-state index is 13.0. The van der Waals surface area contributed by atoms with Crippen LogP contribution in [0.1, 0.15) is 22.3 Å². The minimum absolute atomic E-state index is 0.177. The highest BCUT2D eigenvalue weighted by Gasteiger charge is 2.51. The zero-order chi connectivity index (χ0) is 18.9. The lowest BCUT2D eigenvalue weighted by molar-refractivity contribution is -0.142. The smallest absolute Gasteiger partial charge is 0.325 e. The number of hydrogen-bond acceptors (Lipinski definition) is 5. The van der Waals surface area contributed by atoms with E-state index in [1.807, 2.05) is 0 Å². The second-order valence-electron chi connectivity index (χ2n) is 5.95. The number of ether oxygens (including phenoxy) is 1. The van der Waals surface area contributed by atoms with Crippen LogP contribution in [0, 0.1) is 5.82 Å². The molecule has 1 aliphatic rings. The molecule has 0 aromatic heterocycles. The fourth-order valence-corrected chi connectivity index (χ4v) is 3.00. The molecule has 0 fully saturated rings. The van der Waals surface area contributed by atoms with E-state index in [4.69, 9.17) is 0 Å². The molecule has 2 aromatic carbocycles. The molecule has 1 N–H and O–H groups in total. The van der Waals surface area contributed by atoms with E-state index in [0.29, 0.717) is 5.69 Å². The molecule has 1 heterocycles. The second kappa shape index (κ2) is 6.68. The van der Waals surface area contributed by atoms with Gasteiger partial charge >= 0.3 is 5.97 Å². The van der Waals surface area contributed by atoms with Gasteiger partial charge in [-0.15, -0.1) is 0 Å².